The molecular weight excluding hydrogens is 256 g/mol. The molecule has 0 saturated heterocycles. The molecule has 0 spiro atoms. The van der Waals surface area contributed by atoms with Gasteiger partial charge in [-0.2, -0.15) is 0 Å². The maximum absolute atomic E-state index is 13.4. The molecule has 1 atom stereocenters. The second-order valence-corrected chi connectivity index (χ2v) is 4.44. The Hall–Kier alpha value is -1.98. The molecule has 0 aliphatic rings. The first kappa shape index (κ1) is 15.1. The molecule has 19 heavy (non-hydrogen) atoms. The van der Waals surface area contributed by atoms with E-state index in [2.05, 4.69) is 5.32 Å². The van der Waals surface area contributed by atoms with Gasteiger partial charge in [-0.1, -0.05) is 19.4 Å². The van der Waals surface area contributed by atoms with E-state index in [1.807, 2.05) is 0 Å². The number of aliphatic carboxylic acids is 1. The molecule has 0 bridgehead atoms. The Morgan fingerprint density at radius 1 is 1.37 bits per heavy atom. The van der Waals surface area contributed by atoms with Crippen molar-refractivity contribution in [3.8, 4) is 0 Å². The monoisotopic (exact) mass is 271 g/mol. The number of nitrogens with one attached hydrogen (secondary N) is 1. The smallest absolute Gasteiger partial charge is 0.329 e. The zero-order valence-corrected chi connectivity index (χ0v) is 10.7. The molecule has 0 aliphatic heterocycles. The molecule has 0 aromatic heterocycles. The van der Waals surface area contributed by atoms with Crippen LogP contribution in [0.4, 0.5) is 8.78 Å². The predicted octanol–water partition coefficient (Wildman–Crippen LogP) is 2.34. The third-order valence-corrected chi connectivity index (χ3v) is 2.81. The summed E-state index contributed by atoms with van der Waals surface area (Å²) in [5, 5.41) is 11.3. The van der Waals surface area contributed by atoms with Gasteiger partial charge in [-0.3, -0.25) is 4.79 Å². The number of benzene rings is 1. The van der Waals surface area contributed by atoms with Crippen molar-refractivity contribution >= 4 is 11.9 Å². The van der Waals surface area contributed by atoms with Crippen molar-refractivity contribution in [3.63, 3.8) is 0 Å². The van der Waals surface area contributed by atoms with E-state index in [1.165, 1.54) is 13.0 Å². The average molecular weight is 271 g/mol. The van der Waals surface area contributed by atoms with Crippen molar-refractivity contribution < 1.29 is 23.5 Å². The minimum Gasteiger partial charge on any atom is -0.480 e. The fourth-order valence-electron chi connectivity index (χ4n) is 1.72. The van der Waals surface area contributed by atoms with Gasteiger partial charge in [0.25, 0.3) is 5.91 Å². The van der Waals surface area contributed by atoms with E-state index in [0.29, 0.717) is 6.42 Å². The van der Waals surface area contributed by atoms with E-state index in [9.17, 15) is 18.4 Å². The highest BCUT2D eigenvalue weighted by Gasteiger charge is 2.34. The number of halogens is 2. The van der Waals surface area contributed by atoms with Crippen molar-refractivity contribution in [1.29, 1.82) is 0 Å². The summed E-state index contributed by atoms with van der Waals surface area (Å²) in [7, 11) is 0. The van der Waals surface area contributed by atoms with Crippen LogP contribution in [0.5, 0.6) is 0 Å². The molecule has 0 saturated carbocycles. The lowest BCUT2D eigenvalue weighted by Crippen LogP contribution is -2.52. The van der Waals surface area contributed by atoms with Crippen LogP contribution in [0.1, 0.15) is 37.0 Å². The standard InChI is InChI=1S/C13H15F2NO3/c1-3-7-13(2,12(18)19)16-11(17)8-5-4-6-9(14)10(8)15/h4-6H,3,7H2,1-2H3,(H,16,17)(H,18,19). The molecular formula is C13H15F2NO3. The number of carbonyl (C=O) groups is 2. The van der Waals surface area contributed by atoms with Gasteiger partial charge < -0.3 is 10.4 Å². The van der Waals surface area contributed by atoms with Crippen LogP contribution in [0.3, 0.4) is 0 Å². The van der Waals surface area contributed by atoms with Gasteiger partial charge in [0, 0.05) is 0 Å². The highest BCUT2D eigenvalue weighted by atomic mass is 19.2. The average Bonchev–Trinajstić information content (AvgIpc) is 2.32. The summed E-state index contributed by atoms with van der Waals surface area (Å²) in [5.41, 5.74) is -2.02. The van der Waals surface area contributed by atoms with Gasteiger partial charge in [0.1, 0.15) is 5.54 Å². The molecule has 0 heterocycles. The molecule has 1 aromatic rings. The Labute approximate surface area is 109 Å². The van der Waals surface area contributed by atoms with E-state index in [-0.39, 0.29) is 6.42 Å². The van der Waals surface area contributed by atoms with Gasteiger partial charge in [0.2, 0.25) is 0 Å². The van der Waals surface area contributed by atoms with Crippen molar-refractivity contribution in [1.82, 2.24) is 5.32 Å². The molecule has 1 rings (SSSR count). The van der Waals surface area contributed by atoms with E-state index >= 15 is 0 Å². The number of hydrogen-bond acceptors (Lipinski definition) is 2. The normalized spacial score (nSPS) is 13.7. The fraction of sp³-hybridized carbons (Fsp3) is 0.385. The Balaban J connectivity index is 3.01. The van der Waals surface area contributed by atoms with Gasteiger partial charge >= 0.3 is 5.97 Å². The van der Waals surface area contributed by atoms with Gasteiger partial charge in [0.15, 0.2) is 11.6 Å². The molecule has 0 aliphatic carbocycles. The van der Waals surface area contributed by atoms with Crippen molar-refractivity contribution in [2.24, 2.45) is 0 Å². The molecule has 0 fully saturated rings. The van der Waals surface area contributed by atoms with Crippen LogP contribution in [-0.4, -0.2) is 22.5 Å². The Bertz CT molecular complexity index is 505. The largest absolute Gasteiger partial charge is 0.480 e. The second-order valence-electron chi connectivity index (χ2n) is 4.44. The lowest BCUT2D eigenvalue weighted by Gasteiger charge is -2.25. The highest BCUT2D eigenvalue weighted by Crippen LogP contribution is 2.16. The molecule has 1 amide bonds. The first-order valence-electron chi connectivity index (χ1n) is 5.81. The molecule has 1 unspecified atom stereocenters. The highest BCUT2D eigenvalue weighted by molar-refractivity contribution is 5.97. The summed E-state index contributed by atoms with van der Waals surface area (Å²) < 4.78 is 26.4. The number of hydrogen-bond donors (Lipinski definition) is 2. The van der Waals surface area contributed by atoms with Gasteiger partial charge in [-0.05, 0) is 25.5 Å². The lowest BCUT2D eigenvalue weighted by molar-refractivity contribution is -0.144. The van der Waals surface area contributed by atoms with E-state index in [4.69, 9.17) is 5.11 Å². The number of rotatable bonds is 5. The van der Waals surface area contributed by atoms with Crippen LogP contribution in [0.25, 0.3) is 0 Å². The first-order valence-corrected chi connectivity index (χ1v) is 5.81. The van der Waals surface area contributed by atoms with Crippen molar-refractivity contribution in [2.75, 3.05) is 0 Å². The molecule has 1 aromatic carbocycles. The van der Waals surface area contributed by atoms with Gasteiger partial charge in [-0.25, -0.2) is 13.6 Å². The molecule has 4 nitrogen and oxygen atoms in total. The van der Waals surface area contributed by atoms with Crippen LogP contribution in [0.15, 0.2) is 18.2 Å². The van der Waals surface area contributed by atoms with Crippen molar-refractivity contribution in [3.05, 3.63) is 35.4 Å². The van der Waals surface area contributed by atoms with E-state index < -0.39 is 34.6 Å². The zero-order valence-electron chi connectivity index (χ0n) is 10.7. The number of carboxylic acids is 1. The maximum Gasteiger partial charge on any atom is 0.329 e. The third kappa shape index (κ3) is 3.27. The van der Waals surface area contributed by atoms with Crippen molar-refractivity contribution in [2.45, 2.75) is 32.2 Å². The molecule has 2 N–H and O–H groups in total. The Morgan fingerprint density at radius 2 is 2.00 bits per heavy atom. The van der Waals surface area contributed by atoms with Crippen LogP contribution in [0.2, 0.25) is 0 Å². The zero-order chi connectivity index (χ0) is 14.6. The van der Waals surface area contributed by atoms with Crippen LogP contribution < -0.4 is 5.32 Å². The van der Waals surface area contributed by atoms with Gasteiger partial charge in [0.05, 0.1) is 5.56 Å². The quantitative estimate of drug-likeness (QED) is 0.863. The minimum atomic E-state index is -1.51. The van der Waals surface area contributed by atoms with E-state index in [0.717, 1.165) is 12.1 Å². The number of carboxylic acid groups (broad SMARTS) is 1. The Kier molecular flexibility index (Phi) is 4.58. The summed E-state index contributed by atoms with van der Waals surface area (Å²) >= 11 is 0. The summed E-state index contributed by atoms with van der Waals surface area (Å²) in [4.78, 5) is 23.0. The summed E-state index contributed by atoms with van der Waals surface area (Å²) in [6, 6.07) is 3.17. The molecule has 6 heteroatoms. The lowest BCUT2D eigenvalue weighted by atomic mass is 9.95. The Morgan fingerprint density at radius 3 is 2.53 bits per heavy atom. The van der Waals surface area contributed by atoms with Crippen LogP contribution >= 0.6 is 0 Å². The SMILES string of the molecule is CCCC(C)(NC(=O)c1cccc(F)c1F)C(=O)O. The molecule has 0 radical (unpaired) electrons. The van der Waals surface area contributed by atoms with Gasteiger partial charge in [-0.15, -0.1) is 0 Å². The molecule has 104 valence electrons. The fourth-order valence-corrected chi connectivity index (χ4v) is 1.72. The number of amides is 1. The third-order valence-electron chi connectivity index (χ3n) is 2.81. The maximum atomic E-state index is 13.4. The summed E-state index contributed by atoms with van der Waals surface area (Å²) in [6.07, 6.45) is 0.708. The van der Waals surface area contributed by atoms with Crippen LogP contribution in [-0.2, 0) is 4.79 Å². The summed E-state index contributed by atoms with van der Waals surface area (Å²) in [6.45, 7) is 3.09. The van der Waals surface area contributed by atoms with E-state index in [1.54, 1.807) is 6.92 Å². The van der Waals surface area contributed by atoms with Crippen LogP contribution in [0, 0.1) is 11.6 Å². The summed E-state index contributed by atoms with van der Waals surface area (Å²) in [5.74, 6) is -4.61. The minimum absolute atomic E-state index is 0.186. The number of carbonyl (C=O) groups excluding carboxylic acids is 1. The topological polar surface area (TPSA) is 66.4 Å². The second kappa shape index (κ2) is 5.77. The first-order chi connectivity index (χ1) is 8.81. The predicted molar refractivity (Wildman–Crippen MR) is 64.8 cm³/mol.